The van der Waals surface area contributed by atoms with E-state index in [0.717, 1.165) is 17.2 Å². The molecule has 0 fully saturated rings. The zero-order valence-corrected chi connectivity index (χ0v) is 10.9. The summed E-state index contributed by atoms with van der Waals surface area (Å²) in [6.45, 7) is 6.47. The van der Waals surface area contributed by atoms with Crippen molar-refractivity contribution in [3.05, 3.63) is 52.1 Å². The maximum absolute atomic E-state index is 11.1. The summed E-state index contributed by atoms with van der Waals surface area (Å²) in [7, 11) is 0. The van der Waals surface area contributed by atoms with Crippen LogP contribution < -0.4 is 0 Å². The molecule has 0 N–H and O–H groups in total. The predicted molar refractivity (Wildman–Crippen MR) is 73.9 cm³/mol. The normalized spacial score (nSPS) is 11.7. The summed E-state index contributed by atoms with van der Waals surface area (Å²) < 4.78 is 0. The van der Waals surface area contributed by atoms with Crippen LogP contribution in [0.2, 0.25) is 0 Å². The largest absolute Gasteiger partial charge is 0.277 e. The Labute approximate surface area is 107 Å². The Bertz CT molecular complexity index is 602. The Morgan fingerprint density at radius 3 is 2.33 bits per heavy atom. The van der Waals surface area contributed by atoms with Crippen molar-refractivity contribution in [3.8, 4) is 0 Å². The highest BCUT2D eigenvalue weighted by atomic mass is 16.6. The Morgan fingerprint density at radius 2 is 1.72 bits per heavy atom. The van der Waals surface area contributed by atoms with E-state index in [1.807, 2.05) is 18.2 Å². The number of hydrogen-bond donors (Lipinski definition) is 0. The summed E-state index contributed by atoms with van der Waals surface area (Å²) in [4.78, 5) is 10.7. The Kier molecular flexibility index (Phi) is 3.07. The number of fused-ring (bicyclic) bond motifs is 1. The Morgan fingerprint density at radius 1 is 1.11 bits per heavy atom. The highest BCUT2D eigenvalue weighted by Gasteiger charge is 2.22. The lowest BCUT2D eigenvalue weighted by Gasteiger charge is -2.25. The van der Waals surface area contributed by atoms with Gasteiger partial charge in [-0.15, -0.1) is 0 Å². The number of nitro groups is 1. The molecule has 2 aromatic rings. The first-order chi connectivity index (χ1) is 8.47. The van der Waals surface area contributed by atoms with Crippen LogP contribution in [0.4, 0.5) is 5.69 Å². The van der Waals surface area contributed by atoms with Gasteiger partial charge in [0.05, 0.1) is 10.3 Å². The van der Waals surface area contributed by atoms with Gasteiger partial charge in [-0.05, 0) is 28.9 Å². The van der Waals surface area contributed by atoms with Crippen LogP contribution in [0.1, 0.15) is 32.8 Å². The molecule has 18 heavy (non-hydrogen) atoms. The van der Waals surface area contributed by atoms with Crippen LogP contribution in [0.3, 0.4) is 0 Å². The fourth-order valence-corrected chi connectivity index (χ4v) is 2.23. The average molecular weight is 243 g/mol. The molecule has 0 spiro atoms. The zero-order chi connectivity index (χ0) is 13.3. The maximum Gasteiger partial charge on any atom is 0.277 e. The molecule has 0 bridgehead atoms. The molecule has 3 nitrogen and oxygen atoms in total. The van der Waals surface area contributed by atoms with E-state index >= 15 is 0 Å². The second-order valence-electron chi connectivity index (χ2n) is 5.17. The van der Waals surface area contributed by atoms with Crippen molar-refractivity contribution in [2.45, 2.75) is 32.6 Å². The summed E-state index contributed by atoms with van der Waals surface area (Å²) in [6, 6.07) is 11.1. The van der Waals surface area contributed by atoms with Gasteiger partial charge in [0.15, 0.2) is 0 Å². The SMILES string of the molecule is CCC(C)(C)c1cccc2c([N+](=O)[O-])cccc12. The molecular formula is C15H17NO2. The maximum atomic E-state index is 11.1. The predicted octanol–water partition coefficient (Wildman–Crippen LogP) is 4.44. The van der Waals surface area contributed by atoms with E-state index in [1.165, 1.54) is 5.56 Å². The third kappa shape index (κ3) is 1.96. The second kappa shape index (κ2) is 4.41. The molecule has 94 valence electrons. The topological polar surface area (TPSA) is 43.1 Å². The molecule has 0 saturated heterocycles. The lowest BCUT2D eigenvalue weighted by molar-refractivity contribution is -0.383. The molecule has 2 rings (SSSR count). The minimum atomic E-state index is -0.314. The summed E-state index contributed by atoms with van der Waals surface area (Å²) in [5.41, 5.74) is 1.38. The molecule has 0 heterocycles. The number of nitro benzene ring substituents is 1. The van der Waals surface area contributed by atoms with Crippen molar-refractivity contribution >= 4 is 16.5 Å². The summed E-state index contributed by atoms with van der Waals surface area (Å²) >= 11 is 0. The molecule has 0 amide bonds. The van der Waals surface area contributed by atoms with Crippen molar-refractivity contribution in [2.24, 2.45) is 0 Å². The van der Waals surface area contributed by atoms with E-state index in [-0.39, 0.29) is 16.0 Å². The van der Waals surface area contributed by atoms with Crippen LogP contribution in [0, 0.1) is 10.1 Å². The minimum absolute atomic E-state index is 0.0226. The standard InChI is InChI=1S/C15H17NO2/c1-4-15(2,3)13-9-5-8-12-11(13)7-6-10-14(12)16(17)18/h5-10H,4H2,1-3H3. The van der Waals surface area contributed by atoms with E-state index in [2.05, 4.69) is 26.8 Å². The van der Waals surface area contributed by atoms with Gasteiger partial charge in [-0.1, -0.05) is 45.0 Å². The van der Waals surface area contributed by atoms with Crippen LogP contribution in [-0.2, 0) is 5.41 Å². The fraction of sp³-hybridized carbons (Fsp3) is 0.333. The Balaban J connectivity index is 2.80. The number of benzene rings is 2. The van der Waals surface area contributed by atoms with Gasteiger partial charge in [-0.25, -0.2) is 0 Å². The van der Waals surface area contributed by atoms with E-state index in [1.54, 1.807) is 12.1 Å². The van der Waals surface area contributed by atoms with E-state index in [4.69, 9.17) is 0 Å². The van der Waals surface area contributed by atoms with E-state index in [0.29, 0.717) is 0 Å². The zero-order valence-electron chi connectivity index (χ0n) is 10.9. The third-order valence-electron chi connectivity index (χ3n) is 3.71. The van der Waals surface area contributed by atoms with Gasteiger partial charge in [0.2, 0.25) is 0 Å². The number of non-ortho nitro benzene ring substituents is 1. The number of rotatable bonds is 3. The number of nitrogens with zero attached hydrogens (tertiary/aromatic N) is 1. The summed E-state index contributed by atoms with van der Waals surface area (Å²) in [5.74, 6) is 0. The smallest absolute Gasteiger partial charge is 0.258 e. The molecule has 0 saturated carbocycles. The summed E-state index contributed by atoms with van der Waals surface area (Å²) in [6.07, 6.45) is 0.995. The molecule has 0 aliphatic rings. The second-order valence-corrected chi connectivity index (χ2v) is 5.17. The van der Waals surface area contributed by atoms with Gasteiger partial charge >= 0.3 is 0 Å². The highest BCUT2D eigenvalue weighted by molar-refractivity contribution is 5.93. The van der Waals surface area contributed by atoms with Crippen molar-refractivity contribution in [1.29, 1.82) is 0 Å². The fourth-order valence-electron chi connectivity index (χ4n) is 2.23. The molecule has 0 unspecified atom stereocenters. The van der Waals surface area contributed by atoms with Crippen LogP contribution in [0.5, 0.6) is 0 Å². The van der Waals surface area contributed by atoms with Crippen LogP contribution in [-0.4, -0.2) is 4.92 Å². The average Bonchev–Trinajstić information content (AvgIpc) is 2.37. The van der Waals surface area contributed by atoms with Crippen LogP contribution in [0.25, 0.3) is 10.8 Å². The van der Waals surface area contributed by atoms with Crippen molar-refractivity contribution in [2.75, 3.05) is 0 Å². The molecule has 0 aromatic heterocycles. The molecule has 2 aromatic carbocycles. The molecular weight excluding hydrogens is 226 g/mol. The molecule has 3 heteroatoms. The molecule has 0 radical (unpaired) electrons. The Hall–Kier alpha value is -1.90. The van der Waals surface area contributed by atoms with Gasteiger partial charge in [0, 0.05) is 6.07 Å². The monoisotopic (exact) mass is 243 g/mol. The van der Waals surface area contributed by atoms with Gasteiger partial charge in [0.1, 0.15) is 0 Å². The van der Waals surface area contributed by atoms with Gasteiger partial charge < -0.3 is 0 Å². The van der Waals surface area contributed by atoms with Crippen LogP contribution >= 0.6 is 0 Å². The molecule has 0 aliphatic heterocycles. The van der Waals surface area contributed by atoms with E-state index < -0.39 is 0 Å². The molecule has 0 aliphatic carbocycles. The van der Waals surface area contributed by atoms with Crippen LogP contribution in [0.15, 0.2) is 36.4 Å². The minimum Gasteiger partial charge on any atom is -0.258 e. The lowest BCUT2D eigenvalue weighted by Crippen LogP contribution is -2.15. The van der Waals surface area contributed by atoms with Crippen molar-refractivity contribution in [1.82, 2.24) is 0 Å². The quantitative estimate of drug-likeness (QED) is 0.591. The first-order valence-electron chi connectivity index (χ1n) is 6.14. The first kappa shape index (κ1) is 12.6. The first-order valence-corrected chi connectivity index (χ1v) is 6.14. The van der Waals surface area contributed by atoms with Crippen molar-refractivity contribution in [3.63, 3.8) is 0 Å². The third-order valence-corrected chi connectivity index (χ3v) is 3.71. The van der Waals surface area contributed by atoms with Gasteiger partial charge in [0.25, 0.3) is 5.69 Å². The lowest BCUT2D eigenvalue weighted by atomic mass is 9.79. The van der Waals surface area contributed by atoms with Gasteiger partial charge in [-0.2, -0.15) is 0 Å². The number of hydrogen-bond acceptors (Lipinski definition) is 2. The molecule has 0 atom stereocenters. The summed E-state index contributed by atoms with van der Waals surface area (Å²) in [5, 5.41) is 12.8. The van der Waals surface area contributed by atoms with E-state index in [9.17, 15) is 10.1 Å². The van der Waals surface area contributed by atoms with Crippen molar-refractivity contribution < 1.29 is 4.92 Å². The highest BCUT2D eigenvalue weighted by Crippen LogP contribution is 2.35. The van der Waals surface area contributed by atoms with Gasteiger partial charge in [-0.3, -0.25) is 10.1 Å².